The average molecular weight is 291 g/mol. The van der Waals surface area contributed by atoms with E-state index in [9.17, 15) is 0 Å². The van der Waals surface area contributed by atoms with Crippen LogP contribution in [0.2, 0.25) is 0 Å². The lowest BCUT2D eigenvalue weighted by molar-refractivity contribution is 0.611. The van der Waals surface area contributed by atoms with Crippen LogP contribution in [0.5, 0.6) is 0 Å². The smallest absolute Gasteiger partial charge is 0.153 e. The molecule has 0 fully saturated rings. The van der Waals surface area contributed by atoms with Crippen LogP contribution in [0.25, 0.3) is 0 Å². The Morgan fingerprint density at radius 2 is 2.16 bits per heavy atom. The number of nitrogen functional groups attached to an aromatic ring is 1. The molecule has 0 spiro atoms. The molecule has 100 valence electrons. The van der Waals surface area contributed by atoms with Gasteiger partial charge in [0.1, 0.15) is 5.00 Å². The van der Waals surface area contributed by atoms with E-state index in [2.05, 4.69) is 34.0 Å². The Labute approximate surface area is 121 Å². The quantitative estimate of drug-likeness (QED) is 0.851. The summed E-state index contributed by atoms with van der Waals surface area (Å²) in [7, 11) is 0. The molecule has 1 unspecified atom stereocenters. The van der Waals surface area contributed by atoms with E-state index in [0.29, 0.717) is 11.9 Å². The number of nitrogens with zero attached hydrogens (tertiary/aromatic N) is 1. The van der Waals surface area contributed by atoms with Gasteiger partial charge in [0, 0.05) is 6.04 Å². The highest BCUT2D eigenvalue weighted by atomic mass is 32.2. The van der Waals surface area contributed by atoms with Crippen molar-refractivity contribution in [2.45, 2.75) is 30.2 Å². The van der Waals surface area contributed by atoms with Crippen LogP contribution in [-0.2, 0) is 12.8 Å². The lowest BCUT2D eigenvalue weighted by atomic mass is 9.88. The van der Waals surface area contributed by atoms with Crippen LogP contribution in [0.15, 0.2) is 29.2 Å². The van der Waals surface area contributed by atoms with Crippen molar-refractivity contribution in [1.29, 1.82) is 0 Å². The molecule has 19 heavy (non-hydrogen) atoms. The van der Waals surface area contributed by atoms with Gasteiger partial charge in [0.15, 0.2) is 5.82 Å². The molecule has 0 bridgehead atoms. The van der Waals surface area contributed by atoms with Crippen molar-refractivity contribution in [2.75, 3.05) is 17.3 Å². The molecule has 3 nitrogen and oxygen atoms in total. The molecule has 1 aliphatic carbocycles. The molecule has 0 saturated heterocycles. The molecule has 0 aliphatic heterocycles. The normalized spacial score (nSPS) is 18.1. The Balaban J connectivity index is 1.75. The van der Waals surface area contributed by atoms with E-state index >= 15 is 0 Å². The standard InChI is InChI=1S/C14H17N3S2/c1-18-12-13(15)17-19-14(12)16-11-7-6-9-4-2-3-5-10(9)8-11/h2-5,11,16H,6-8H2,1H3,(H2,15,17). The molecule has 1 aromatic heterocycles. The van der Waals surface area contributed by atoms with Crippen molar-refractivity contribution in [3.8, 4) is 0 Å². The number of benzene rings is 1. The van der Waals surface area contributed by atoms with Crippen molar-refractivity contribution in [3.05, 3.63) is 35.4 Å². The number of thioether (sulfide) groups is 1. The summed E-state index contributed by atoms with van der Waals surface area (Å²) in [5.74, 6) is 0.649. The zero-order valence-corrected chi connectivity index (χ0v) is 12.5. The van der Waals surface area contributed by atoms with Gasteiger partial charge in [-0.15, -0.1) is 11.8 Å². The molecule has 1 aromatic carbocycles. The number of aryl methyl sites for hydroxylation is 1. The number of anilines is 2. The minimum atomic E-state index is 0.487. The highest BCUT2D eigenvalue weighted by Crippen LogP contribution is 2.36. The second-order valence-corrected chi connectivity index (χ2v) is 6.37. The van der Waals surface area contributed by atoms with E-state index in [-0.39, 0.29) is 0 Å². The summed E-state index contributed by atoms with van der Waals surface area (Å²) < 4.78 is 4.23. The summed E-state index contributed by atoms with van der Waals surface area (Å²) >= 11 is 3.13. The molecule has 0 amide bonds. The molecule has 0 radical (unpaired) electrons. The molecule has 1 heterocycles. The second-order valence-electron chi connectivity index (χ2n) is 4.78. The number of aromatic nitrogens is 1. The molecule has 2 aromatic rings. The fraction of sp³-hybridized carbons (Fsp3) is 0.357. The fourth-order valence-corrected chi connectivity index (χ4v) is 4.20. The van der Waals surface area contributed by atoms with Crippen LogP contribution < -0.4 is 11.1 Å². The largest absolute Gasteiger partial charge is 0.382 e. The Kier molecular flexibility index (Phi) is 3.66. The van der Waals surface area contributed by atoms with E-state index in [4.69, 9.17) is 5.73 Å². The molecular formula is C14H17N3S2. The van der Waals surface area contributed by atoms with Gasteiger partial charge < -0.3 is 11.1 Å². The van der Waals surface area contributed by atoms with Crippen LogP contribution in [-0.4, -0.2) is 16.7 Å². The maximum atomic E-state index is 5.87. The number of rotatable bonds is 3. The van der Waals surface area contributed by atoms with Crippen molar-refractivity contribution in [1.82, 2.24) is 4.37 Å². The zero-order chi connectivity index (χ0) is 13.2. The zero-order valence-electron chi connectivity index (χ0n) is 10.8. The van der Waals surface area contributed by atoms with Crippen LogP contribution >= 0.6 is 23.3 Å². The number of fused-ring (bicyclic) bond motifs is 1. The fourth-order valence-electron chi connectivity index (χ4n) is 2.59. The Hall–Kier alpha value is -1.20. The first-order valence-electron chi connectivity index (χ1n) is 6.40. The predicted molar refractivity (Wildman–Crippen MR) is 84.2 cm³/mol. The third kappa shape index (κ3) is 2.58. The summed E-state index contributed by atoms with van der Waals surface area (Å²) in [5.41, 5.74) is 8.83. The van der Waals surface area contributed by atoms with Gasteiger partial charge in [0.25, 0.3) is 0 Å². The van der Waals surface area contributed by atoms with Gasteiger partial charge in [0.2, 0.25) is 0 Å². The van der Waals surface area contributed by atoms with Crippen LogP contribution in [0, 0.1) is 0 Å². The Bertz CT molecular complexity index is 580. The summed E-state index contributed by atoms with van der Waals surface area (Å²) in [6.45, 7) is 0. The highest BCUT2D eigenvalue weighted by Gasteiger charge is 2.20. The summed E-state index contributed by atoms with van der Waals surface area (Å²) in [4.78, 5) is 1.09. The molecule has 5 heteroatoms. The van der Waals surface area contributed by atoms with Crippen LogP contribution in [0.4, 0.5) is 10.8 Å². The predicted octanol–water partition coefficient (Wildman–Crippen LogP) is 3.42. The third-order valence-electron chi connectivity index (χ3n) is 3.56. The third-order valence-corrected chi connectivity index (χ3v) is 5.30. The Morgan fingerprint density at radius 1 is 1.37 bits per heavy atom. The van der Waals surface area contributed by atoms with Crippen molar-refractivity contribution in [2.24, 2.45) is 0 Å². The summed E-state index contributed by atoms with van der Waals surface area (Å²) in [6, 6.07) is 9.21. The molecule has 1 atom stereocenters. The van der Waals surface area contributed by atoms with Crippen molar-refractivity contribution >= 4 is 34.1 Å². The first kappa shape index (κ1) is 12.8. The van der Waals surface area contributed by atoms with Gasteiger partial charge in [-0.25, -0.2) is 0 Å². The van der Waals surface area contributed by atoms with Gasteiger partial charge in [-0.1, -0.05) is 24.3 Å². The second kappa shape index (κ2) is 5.43. The summed E-state index contributed by atoms with van der Waals surface area (Å²) in [5, 5.41) is 4.74. The van der Waals surface area contributed by atoms with Crippen molar-refractivity contribution in [3.63, 3.8) is 0 Å². The van der Waals surface area contributed by atoms with Crippen LogP contribution in [0.3, 0.4) is 0 Å². The van der Waals surface area contributed by atoms with Gasteiger partial charge in [-0.2, -0.15) is 4.37 Å². The monoisotopic (exact) mass is 291 g/mol. The van der Waals surface area contributed by atoms with E-state index in [1.165, 1.54) is 29.1 Å². The average Bonchev–Trinajstić information content (AvgIpc) is 2.79. The summed E-state index contributed by atoms with van der Waals surface area (Å²) in [6.07, 6.45) is 5.45. The number of hydrogen-bond donors (Lipinski definition) is 2. The maximum absolute atomic E-state index is 5.87. The number of hydrogen-bond acceptors (Lipinski definition) is 5. The molecule has 3 rings (SSSR count). The molecule has 0 saturated carbocycles. The first-order valence-corrected chi connectivity index (χ1v) is 8.40. The Morgan fingerprint density at radius 3 is 2.95 bits per heavy atom. The highest BCUT2D eigenvalue weighted by molar-refractivity contribution is 7.99. The lowest BCUT2D eigenvalue weighted by Gasteiger charge is -2.25. The molecule has 3 N–H and O–H groups in total. The minimum Gasteiger partial charge on any atom is -0.382 e. The first-order chi connectivity index (χ1) is 9.28. The van der Waals surface area contributed by atoms with E-state index in [1.807, 2.05) is 6.26 Å². The van der Waals surface area contributed by atoms with E-state index in [1.54, 1.807) is 11.8 Å². The van der Waals surface area contributed by atoms with E-state index < -0.39 is 0 Å². The molecule has 1 aliphatic rings. The topological polar surface area (TPSA) is 50.9 Å². The molecular weight excluding hydrogens is 274 g/mol. The lowest BCUT2D eigenvalue weighted by Crippen LogP contribution is -2.27. The van der Waals surface area contributed by atoms with Gasteiger partial charge in [-0.3, -0.25) is 0 Å². The number of nitrogens with two attached hydrogens (primary N) is 1. The van der Waals surface area contributed by atoms with Crippen molar-refractivity contribution < 1.29 is 0 Å². The number of nitrogens with one attached hydrogen (secondary N) is 1. The van der Waals surface area contributed by atoms with E-state index in [0.717, 1.165) is 22.7 Å². The van der Waals surface area contributed by atoms with Gasteiger partial charge >= 0.3 is 0 Å². The van der Waals surface area contributed by atoms with Gasteiger partial charge in [-0.05, 0) is 48.2 Å². The minimum absolute atomic E-state index is 0.487. The SMILES string of the molecule is CSc1c(N)nsc1NC1CCc2ccccc2C1. The maximum Gasteiger partial charge on any atom is 0.153 e. The van der Waals surface area contributed by atoms with Crippen LogP contribution in [0.1, 0.15) is 17.5 Å². The van der Waals surface area contributed by atoms with Gasteiger partial charge in [0.05, 0.1) is 4.90 Å².